The van der Waals surface area contributed by atoms with Gasteiger partial charge in [-0.2, -0.15) is 0 Å². The van der Waals surface area contributed by atoms with Crippen LogP contribution in [0.3, 0.4) is 0 Å². The van der Waals surface area contributed by atoms with E-state index in [1.807, 2.05) is 6.07 Å². The molecule has 3 heterocycles. The summed E-state index contributed by atoms with van der Waals surface area (Å²) in [4.78, 5) is 26.9. The van der Waals surface area contributed by atoms with Crippen molar-refractivity contribution in [1.29, 1.82) is 0 Å². The molecule has 2 fully saturated rings. The number of pyridine rings is 1. The van der Waals surface area contributed by atoms with E-state index in [4.69, 9.17) is 11.6 Å². The minimum atomic E-state index is 0.145. The standard InChI is InChI=1S/C19H22ClN5O/c20-16-12-22-19(24-18(16)13-5-2-1-3-6-13)23-14-9-15(11-21-10-14)25-8-4-7-17(25)26/h9-13H,1-8H2,(H,22,23,24). The van der Waals surface area contributed by atoms with E-state index in [2.05, 4.69) is 20.3 Å². The molecule has 1 N–H and O–H groups in total. The van der Waals surface area contributed by atoms with E-state index in [1.165, 1.54) is 19.3 Å². The van der Waals surface area contributed by atoms with Crippen molar-refractivity contribution in [1.82, 2.24) is 15.0 Å². The third-order valence-corrected chi connectivity index (χ3v) is 5.42. The Bertz CT molecular complexity index is 806. The molecular formula is C19H22ClN5O. The van der Waals surface area contributed by atoms with Crippen LogP contribution in [-0.4, -0.2) is 27.4 Å². The van der Waals surface area contributed by atoms with Gasteiger partial charge in [-0.3, -0.25) is 9.78 Å². The lowest BCUT2D eigenvalue weighted by Crippen LogP contribution is -2.23. The maximum absolute atomic E-state index is 11.9. The molecule has 0 bridgehead atoms. The Morgan fingerprint density at radius 3 is 2.73 bits per heavy atom. The van der Waals surface area contributed by atoms with E-state index in [0.29, 0.717) is 23.3 Å². The first kappa shape index (κ1) is 17.2. The van der Waals surface area contributed by atoms with E-state index in [1.54, 1.807) is 23.5 Å². The lowest BCUT2D eigenvalue weighted by molar-refractivity contribution is -0.117. The number of nitrogens with zero attached hydrogens (tertiary/aromatic N) is 4. The van der Waals surface area contributed by atoms with Gasteiger partial charge in [0.05, 0.1) is 40.7 Å². The smallest absolute Gasteiger partial charge is 0.227 e. The summed E-state index contributed by atoms with van der Waals surface area (Å²) in [6, 6.07) is 1.91. The number of nitrogens with one attached hydrogen (secondary N) is 1. The summed E-state index contributed by atoms with van der Waals surface area (Å²) in [6.45, 7) is 0.743. The molecule has 6 nitrogen and oxygen atoms in total. The Morgan fingerprint density at radius 2 is 1.96 bits per heavy atom. The number of amides is 1. The van der Waals surface area contributed by atoms with Crippen molar-refractivity contribution < 1.29 is 4.79 Å². The Hall–Kier alpha value is -2.21. The van der Waals surface area contributed by atoms with Crippen LogP contribution in [0.15, 0.2) is 24.7 Å². The molecule has 136 valence electrons. The third kappa shape index (κ3) is 3.65. The molecule has 0 unspecified atom stereocenters. The first-order valence-electron chi connectivity index (χ1n) is 9.25. The minimum absolute atomic E-state index is 0.145. The van der Waals surface area contributed by atoms with Crippen molar-refractivity contribution in [3.05, 3.63) is 35.4 Å². The number of aromatic nitrogens is 3. The molecule has 1 aliphatic carbocycles. The fraction of sp³-hybridized carbons (Fsp3) is 0.474. The first-order chi connectivity index (χ1) is 12.7. The summed E-state index contributed by atoms with van der Waals surface area (Å²) in [6.07, 6.45) is 12.6. The van der Waals surface area contributed by atoms with Crippen molar-refractivity contribution in [2.75, 3.05) is 16.8 Å². The summed E-state index contributed by atoms with van der Waals surface area (Å²) in [5.74, 6) is 1.07. The third-order valence-electron chi connectivity index (χ3n) is 5.13. The largest absolute Gasteiger partial charge is 0.323 e. The van der Waals surface area contributed by atoms with Crippen LogP contribution in [0.1, 0.15) is 56.6 Å². The van der Waals surface area contributed by atoms with Crippen LogP contribution in [0, 0.1) is 0 Å². The highest BCUT2D eigenvalue weighted by Crippen LogP contribution is 2.35. The summed E-state index contributed by atoms with van der Waals surface area (Å²) >= 11 is 6.35. The Kier molecular flexibility index (Phi) is 5.02. The normalized spacial score (nSPS) is 18.3. The summed E-state index contributed by atoms with van der Waals surface area (Å²) in [5, 5.41) is 3.84. The Balaban J connectivity index is 1.54. The van der Waals surface area contributed by atoms with Gasteiger partial charge >= 0.3 is 0 Å². The van der Waals surface area contributed by atoms with Crippen molar-refractivity contribution >= 4 is 34.8 Å². The fourth-order valence-corrected chi connectivity index (χ4v) is 4.04. The van der Waals surface area contributed by atoms with Crippen LogP contribution in [0.2, 0.25) is 5.02 Å². The highest BCUT2D eigenvalue weighted by atomic mass is 35.5. The van der Waals surface area contributed by atoms with E-state index in [0.717, 1.165) is 42.9 Å². The van der Waals surface area contributed by atoms with Gasteiger partial charge in [0, 0.05) is 18.9 Å². The van der Waals surface area contributed by atoms with Gasteiger partial charge in [-0.05, 0) is 25.3 Å². The number of anilines is 3. The predicted molar refractivity (Wildman–Crippen MR) is 102 cm³/mol. The zero-order valence-corrected chi connectivity index (χ0v) is 15.4. The van der Waals surface area contributed by atoms with Crippen LogP contribution in [-0.2, 0) is 4.79 Å². The second kappa shape index (κ2) is 7.58. The number of halogens is 1. The molecule has 1 saturated carbocycles. The highest BCUT2D eigenvalue weighted by Gasteiger charge is 2.23. The van der Waals surface area contributed by atoms with Crippen molar-refractivity contribution in [2.24, 2.45) is 0 Å². The van der Waals surface area contributed by atoms with Gasteiger partial charge in [-0.15, -0.1) is 0 Å². The summed E-state index contributed by atoms with van der Waals surface area (Å²) in [7, 11) is 0. The molecule has 7 heteroatoms. The zero-order valence-electron chi connectivity index (χ0n) is 14.6. The molecule has 0 radical (unpaired) electrons. The van der Waals surface area contributed by atoms with Gasteiger partial charge in [0.1, 0.15) is 0 Å². The van der Waals surface area contributed by atoms with Crippen molar-refractivity contribution in [2.45, 2.75) is 50.9 Å². The van der Waals surface area contributed by atoms with Gasteiger partial charge in [-0.25, -0.2) is 9.97 Å². The van der Waals surface area contributed by atoms with Crippen LogP contribution in [0.25, 0.3) is 0 Å². The van der Waals surface area contributed by atoms with E-state index >= 15 is 0 Å². The van der Waals surface area contributed by atoms with E-state index in [-0.39, 0.29) is 5.91 Å². The van der Waals surface area contributed by atoms with Crippen LogP contribution < -0.4 is 10.2 Å². The number of carbonyl (C=O) groups is 1. The van der Waals surface area contributed by atoms with Gasteiger partial charge < -0.3 is 10.2 Å². The number of hydrogen-bond acceptors (Lipinski definition) is 5. The molecule has 2 aliphatic rings. The Morgan fingerprint density at radius 1 is 1.12 bits per heavy atom. The second-order valence-corrected chi connectivity index (χ2v) is 7.37. The minimum Gasteiger partial charge on any atom is -0.323 e. The lowest BCUT2D eigenvalue weighted by atomic mass is 9.87. The van der Waals surface area contributed by atoms with Crippen LogP contribution in [0.5, 0.6) is 0 Å². The van der Waals surface area contributed by atoms with Gasteiger partial charge in [0.2, 0.25) is 11.9 Å². The summed E-state index contributed by atoms with van der Waals surface area (Å²) in [5.41, 5.74) is 2.50. The SMILES string of the molecule is O=C1CCCN1c1cncc(Nc2ncc(Cl)c(C3CCCCC3)n2)c1. The topological polar surface area (TPSA) is 71.0 Å². The average molecular weight is 372 g/mol. The molecule has 0 atom stereocenters. The van der Waals surface area contributed by atoms with E-state index in [9.17, 15) is 4.79 Å². The summed E-state index contributed by atoms with van der Waals surface area (Å²) < 4.78 is 0. The number of rotatable bonds is 4. The zero-order chi connectivity index (χ0) is 17.9. The maximum Gasteiger partial charge on any atom is 0.227 e. The molecule has 1 saturated heterocycles. The molecule has 4 rings (SSSR count). The van der Waals surface area contributed by atoms with Crippen LogP contribution >= 0.6 is 11.6 Å². The van der Waals surface area contributed by atoms with Gasteiger partial charge in [-0.1, -0.05) is 30.9 Å². The quantitative estimate of drug-likeness (QED) is 0.860. The van der Waals surface area contributed by atoms with Crippen molar-refractivity contribution in [3.8, 4) is 0 Å². The molecule has 2 aromatic rings. The van der Waals surface area contributed by atoms with Gasteiger partial charge in [0.15, 0.2) is 0 Å². The van der Waals surface area contributed by atoms with Gasteiger partial charge in [0.25, 0.3) is 0 Å². The molecule has 1 aliphatic heterocycles. The molecule has 26 heavy (non-hydrogen) atoms. The highest BCUT2D eigenvalue weighted by molar-refractivity contribution is 6.31. The van der Waals surface area contributed by atoms with Crippen LogP contribution in [0.4, 0.5) is 17.3 Å². The maximum atomic E-state index is 11.9. The number of hydrogen-bond donors (Lipinski definition) is 1. The molecule has 0 aromatic carbocycles. The predicted octanol–water partition coefficient (Wildman–Crippen LogP) is 4.44. The monoisotopic (exact) mass is 371 g/mol. The average Bonchev–Trinajstić information content (AvgIpc) is 3.10. The molecule has 2 aromatic heterocycles. The van der Waals surface area contributed by atoms with E-state index < -0.39 is 0 Å². The number of carbonyl (C=O) groups excluding carboxylic acids is 1. The first-order valence-corrected chi connectivity index (χ1v) is 9.63. The fourth-order valence-electron chi connectivity index (χ4n) is 3.80. The second-order valence-electron chi connectivity index (χ2n) is 6.97. The molecule has 1 amide bonds. The lowest BCUT2D eigenvalue weighted by Gasteiger charge is -2.22. The Labute approximate surface area is 158 Å². The molecule has 0 spiro atoms. The molecular weight excluding hydrogens is 350 g/mol. The van der Waals surface area contributed by atoms with Crippen molar-refractivity contribution in [3.63, 3.8) is 0 Å².